The summed E-state index contributed by atoms with van der Waals surface area (Å²) in [4.78, 5) is 39.7. The predicted octanol–water partition coefficient (Wildman–Crippen LogP) is 5.13. The molecular weight excluding hydrogens is 472 g/mol. The Morgan fingerprint density at radius 1 is 0.919 bits per heavy atom. The van der Waals surface area contributed by atoms with Crippen LogP contribution in [0, 0.1) is 10.1 Å². The molecule has 0 atom stereocenters. The number of benzene rings is 3. The van der Waals surface area contributed by atoms with E-state index < -0.39 is 11.0 Å². The molecule has 0 N–H and O–H groups in total. The van der Waals surface area contributed by atoms with E-state index in [0.717, 1.165) is 22.2 Å². The number of carbonyl (C=O) groups excluding carboxylic acids is 2. The molecule has 0 saturated heterocycles. The molecule has 0 spiro atoms. The number of ether oxygens (including phenoxy) is 1. The maximum Gasteiger partial charge on any atom is 0.410 e. The van der Waals surface area contributed by atoms with Crippen LogP contribution in [0.1, 0.15) is 27.2 Å². The van der Waals surface area contributed by atoms with Crippen molar-refractivity contribution in [2.75, 3.05) is 14.1 Å². The molecule has 4 aromatic rings. The van der Waals surface area contributed by atoms with Gasteiger partial charge >= 0.3 is 6.09 Å². The van der Waals surface area contributed by atoms with Gasteiger partial charge in [-0.25, -0.2) is 4.79 Å². The fourth-order valence-electron chi connectivity index (χ4n) is 4.21. The van der Waals surface area contributed by atoms with E-state index in [0.29, 0.717) is 12.1 Å². The highest BCUT2D eigenvalue weighted by atomic mass is 16.6. The minimum Gasteiger partial charge on any atom is -0.445 e. The number of hydrogen-bond donors (Lipinski definition) is 0. The van der Waals surface area contributed by atoms with E-state index in [9.17, 15) is 19.7 Å². The van der Waals surface area contributed by atoms with Gasteiger partial charge < -0.3 is 19.1 Å². The van der Waals surface area contributed by atoms with E-state index in [2.05, 4.69) is 0 Å². The largest absolute Gasteiger partial charge is 0.445 e. The standard InChI is InChI=1S/C28H28N4O5/c1-29(18-24-16-21-11-7-8-12-25(21)31(24)3)27(33)22-13-14-26(32(35)36)23(15-22)17-30(2)28(34)37-19-20-9-5-4-6-10-20/h4-16H,17-19H2,1-3H3. The number of nitro groups is 1. The van der Waals surface area contributed by atoms with Crippen LogP contribution >= 0.6 is 0 Å². The second-order valence-corrected chi connectivity index (χ2v) is 8.91. The lowest BCUT2D eigenvalue weighted by molar-refractivity contribution is -0.385. The highest BCUT2D eigenvalue weighted by molar-refractivity contribution is 5.94. The highest BCUT2D eigenvalue weighted by Crippen LogP contribution is 2.24. The summed E-state index contributed by atoms with van der Waals surface area (Å²) in [5.41, 5.74) is 3.23. The summed E-state index contributed by atoms with van der Waals surface area (Å²) >= 11 is 0. The summed E-state index contributed by atoms with van der Waals surface area (Å²) in [5, 5.41) is 12.7. The molecule has 4 rings (SSSR count). The zero-order valence-electron chi connectivity index (χ0n) is 21.0. The van der Waals surface area contributed by atoms with Crippen molar-refractivity contribution < 1.29 is 19.2 Å². The SMILES string of the molecule is CN(Cc1cc(C(=O)N(C)Cc2cc3ccccc3n2C)ccc1[N+](=O)[O-])C(=O)OCc1ccccc1. The first-order valence-corrected chi connectivity index (χ1v) is 11.7. The topological polar surface area (TPSA) is 97.9 Å². The van der Waals surface area contributed by atoms with E-state index in [1.807, 2.05) is 72.3 Å². The molecule has 0 fully saturated rings. The lowest BCUT2D eigenvalue weighted by atomic mass is 10.1. The number of nitrogens with zero attached hydrogens (tertiary/aromatic N) is 4. The molecule has 0 radical (unpaired) electrons. The molecular formula is C28H28N4O5. The number of aromatic nitrogens is 1. The Morgan fingerprint density at radius 2 is 1.62 bits per heavy atom. The zero-order valence-corrected chi connectivity index (χ0v) is 21.0. The molecule has 190 valence electrons. The highest BCUT2D eigenvalue weighted by Gasteiger charge is 2.22. The molecule has 37 heavy (non-hydrogen) atoms. The molecule has 0 unspecified atom stereocenters. The Morgan fingerprint density at radius 3 is 2.32 bits per heavy atom. The molecule has 1 aromatic heterocycles. The van der Waals surface area contributed by atoms with Crippen LogP contribution in [0.25, 0.3) is 10.9 Å². The van der Waals surface area contributed by atoms with Crippen LogP contribution in [0.2, 0.25) is 0 Å². The number of nitro benzene ring substituents is 1. The average Bonchev–Trinajstić information content (AvgIpc) is 3.22. The zero-order chi connectivity index (χ0) is 26.5. The van der Waals surface area contributed by atoms with Crippen molar-refractivity contribution in [3.63, 3.8) is 0 Å². The Bertz CT molecular complexity index is 1450. The van der Waals surface area contributed by atoms with Crippen LogP contribution in [-0.2, 0) is 31.5 Å². The summed E-state index contributed by atoms with van der Waals surface area (Å²) in [6.45, 7) is 0.365. The van der Waals surface area contributed by atoms with Gasteiger partial charge in [-0.15, -0.1) is 0 Å². The van der Waals surface area contributed by atoms with Crippen LogP contribution in [0.5, 0.6) is 0 Å². The molecule has 1 heterocycles. The van der Waals surface area contributed by atoms with Gasteiger partial charge in [-0.1, -0.05) is 48.5 Å². The normalized spacial score (nSPS) is 10.8. The summed E-state index contributed by atoms with van der Waals surface area (Å²) in [6, 6.07) is 23.4. The molecule has 0 bridgehead atoms. The van der Waals surface area contributed by atoms with Gasteiger partial charge in [0, 0.05) is 44.0 Å². The Labute approximate surface area is 214 Å². The van der Waals surface area contributed by atoms with Gasteiger partial charge in [0.2, 0.25) is 0 Å². The summed E-state index contributed by atoms with van der Waals surface area (Å²) in [7, 11) is 5.14. The maximum absolute atomic E-state index is 13.2. The molecule has 9 nitrogen and oxygen atoms in total. The molecule has 0 aliphatic rings. The van der Waals surface area contributed by atoms with Gasteiger partial charge in [0.05, 0.1) is 23.6 Å². The second kappa shape index (κ2) is 10.9. The van der Waals surface area contributed by atoms with Gasteiger partial charge in [-0.2, -0.15) is 0 Å². The lowest BCUT2D eigenvalue weighted by Gasteiger charge is -2.20. The quantitative estimate of drug-likeness (QED) is 0.247. The van der Waals surface area contributed by atoms with Crippen molar-refractivity contribution in [3.8, 4) is 0 Å². The van der Waals surface area contributed by atoms with Crippen molar-refractivity contribution >= 4 is 28.6 Å². The van der Waals surface area contributed by atoms with Crippen LogP contribution < -0.4 is 0 Å². The van der Waals surface area contributed by atoms with Crippen LogP contribution in [-0.4, -0.2) is 45.4 Å². The van der Waals surface area contributed by atoms with Gasteiger partial charge in [0.1, 0.15) is 6.61 Å². The van der Waals surface area contributed by atoms with E-state index in [-0.39, 0.29) is 30.3 Å². The third kappa shape index (κ3) is 5.78. The Kier molecular flexibility index (Phi) is 7.52. The number of carbonyl (C=O) groups is 2. The average molecular weight is 501 g/mol. The van der Waals surface area contributed by atoms with Gasteiger partial charge in [-0.3, -0.25) is 14.9 Å². The van der Waals surface area contributed by atoms with Crippen LogP contribution in [0.4, 0.5) is 10.5 Å². The fourth-order valence-corrected chi connectivity index (χ4v) is 4.21. The molecule has 3 aromatic carbocycles. The summed E-state index contributed by atoms with van der Waals surface area (Å²) in [5.74, 6) is -0.282. The number of amides is 2. The third-order valence-electron chi connectivity index (χ3n) is 6.24. The van der Waals surface area contributed by atoms with Gasteiger partial charge in [0.15, 0.2) is 0 Å². The van der Waals surface area contributed by atoms with Crippen molar-refractivity contribution in [2.45, 2.75) is 19.7 Å². The number of rotatable bonds is 8. The maximum atomic E-state index is 13.2. The third-order valence-corrected chi connectivity index (χ3v) is 6.24. The smallest absolute Gasteiger partial charge is 0.410 e. The monoisotopic (exact) mass is 500 g/mol. The van der Waals surface area contributed by atoms with Gasteiger partial charge in [-0.05, 0) is 35.2 Å². The molecule has 0 saturated carbocycles. The Hall–Kier alpha value is -4.66. The van der Waals surface area contributed by atoms with Crippen molar-refractivity contribution in [1.82, 2.24) is 14.4 Å². The van der Waals surface area contributed by atoms with Gasteiger partial charge in [0.25, 0.3) is 11.6 Å². The number of hydrogen-bond acceptors (Lipinski definition) is 5. The van der Waals surface area contributed by atoms with Crippen molar-refractivity contribution in [3.05, 3.63) is 111 Å². The predicted molar refractivity (Wildman–Crippen MR) is 140 cm³/mol. The Balaban J connectivity index is 1.48. The first-order chi connectivity index (χ1) is 17.7. The second-order valence-electron chi connectivity index (χ2n) is 8.91. The number of para-hydroxylation sites is 1. The van der Waals surface area contributed by atoms with E-state index in [4.69, 9.17) is 4.74 Å². The van der Waals surface area contributed by atoms with Crippen molar-refractivity contribution in [2.24, 2.45) is 7.05 Å². The van der Waals surface area contributed by atoms with E-state index in [1.54, 1.807) is 11.9 Å². The number of fused-ring (bicyclic) bond motifs is 1. The molecule has 0 aliphatic heterocycles. The first kappa shape index (κ1) is 25.4. The van der Waals surface area contributed by atoms with Crippen LogP contribution in [0.15, 0.2) is 78.9 Å². The molecule has 2 amide bonds. The summed E-state index contributed by atoms with van der Waals surface area (Å²) < 4.78 is 7.36. The lowest BCUT2D eigenvalue weighted by Crippen LogP contribution is -2.29. The van der Waals surface area contributed by atoms with E-state index >= 15 is 0 Å². The van der Waals surface area contributed by atoms with E-state index in [1.165, 1.54) is 30.1 Å². The fraction of sp³-hybridized carbons (Fsp3) is 0.214. The first-order valence-electron chi connectivity index (χ1n) is 11.7. The molecule has 0 aliphatic carbocycles. The minimum absolute atomic E-state index is 0.0853. The molecule has 9 heteroatoms. The van der Waals surface area contributed by atoms with Crippen LogP contribution in [0.3, 0.4) is 0 Å². The minimum atomic E-state index is -0.622. The van der Waals surface area contributed by atoms with Crippen molar-refractivity contribution in [1.29, 1.82) is 0 Å². The number of aryl methyl sites for hydroxylation is 1. The summed E-state index contributed by atoms with van der Waals surface area (Å²) in [6.07, 6.45) is -0.622.